The summed E-state index contributed by atoms with van der Waals surface area (Å²) in [7, 11) is 0. The fourth-order valence-corrected chi connectivity index (χ4v) is 2.58. The molecule has 0 heterocycles. The molecule has 32 heavy (non-hydrogen) atoms. The Morgan fingerprint density at radius 2 is 1.62 bits per heavy atom. The van der Waals surface area contributed by atoms with Gasteiger partial charge in [0.15, 0.2) is 5.96 Å². The first kappa shape index (κ1) is 26.2. The third-order valence-corrected chi connectivity index (χ3v) is 4.16. The van der Waals surface area contributed by atoms with Crippen molar-refractivity contribution in [3.8, 4) is 5.75 Å². The normalized spacial score (nSPS) is 12.2. The first-order valence-corrected chi connectivity index (χ1v) is 9.74. The van der Waals surface area contributed by atoms with E-state index in [1.165, 1.54) is 12.1 Å². The molecule has 1 aromatic carbocycles. The van der Waals surface area contributed by atoms with Crippen molar-refractivity contribution >= 4 is 29.7 Å². The molecule has 2 atom stereocenters. The van der Waals surface area contributed by atoms with Crippen molar-refractivity contribution in [1.29, 1.82) is 0 Å². The molecule has 0 saturated heterocycles. The molecule has 0 aromatic heterocycles. The minimum Gasteiger partial charge on any atom is -0.508 e. The number of aliphatic imine (C=N–C) groups is 1. The summed E-state index contributed by atoms with van der Waals surface area (Å²) in [6.45, 7) is -0.829. The number of hydrogen-bond acceptors (Lipinski definition) is 7. The van der Waals surface area contributed by atoms with Crippen LogP contribution in [0.3, 0.4) is 0 Å². The van der Waals surface area contributed by atoms with Gasteiger partial charge in [-0.3, -0.25) is 24.2 Å². The molecule has 0 radical (unpaired) electrons. The van der Waals surface area contributed by atoms with Crippen LogP contribution in [-0.4, -0.2) is 71.6 Å². The molecule has 176 valence electrons. The van der Waals surface area contributed by atoms with E-state index in [-0.39, 0.29) is 31.1 Å². The lowest BCUT2D eigenvalue weighted by Crippen LogP contribution is -2.51. The second kappa shape index (κ2) is 13.4. The molecule has 1 aromatic rings. The van der Waals surface area contributed by atoms with E-state index in [9.17, 15) is 24.3 Å². The molecule has 1 rings (SSSR count). The highest BCUT2D eigenvalue weighted by atomic mass is 16.4. The van der Waals surface area contributed by atoms with Crippen LogP contribution in [0.2, 0.25) is 0 Å². The predicted molar refractivity (Wildman–Crippen MR) is 115 cm³/mol. The highest BCUT2D eigenvalue weighted by Gasteiger charge is 2.22. The summed E-state index contributed by atoms with van der Waals surface area (Å²) in [5.74, 6) is -3.20. The summed E-state index contributed by atoms with van der Waals surface area (Å²) in [4.78, 5) is 51.0. The summed E-state index contributed by atoms with van der Waals surface area (Å²) in [6.07, 6.45) is 0.675. The molecule has 0 aliphatic carbocycles. The summed E-state index contributed by atoms with van der Waals surface area (Å²) < 4.78 is 0. The minimum atomic E-state index is -1.24. The first-order valence-electron chi connectivity index (χ1n) is 9.74. The average Bonchev–Trinajstić information content (AvgIpc) is 2.73. The van der Waals surface area contributed by atoms with Crippen molar-refractivity contribution in [2.24, 2.45) is 22.2 Å². The van der Waals surface area contributed by atoms with Gasteiger partial charge in [0.2, 0.25) is 17.7 Å². The third kappa shape index (κ3) is 10.8. The Balaban J connectivity index is 2.56. The number of nitrogens with two attached hydrogens (primary N) is 3. The van der Waals surface area contributed by atoms with Gasteiger partial charge in [-0.05, 0) is 37.0 Å². The minimum absolute atomic E-state index is 0.0867. The number of rotatable bonds is 13. The van der Waals surface area contributed by atoms with Crippen molar-refractivity contribution in [1.82, 2.24) is 16.0 Å². The molecule has 0 spiro atoms. The first-order chi connectivity index (χ1) is 15.1. The number of nitrogens with zero attached hydrogens (tertiary/aromatic N) is 1. The zero-order valence-corrected chi connectivity index (χ0v) is 17.4. The smallest absolute Gasteiger partial charge is 0.322 e. The summed E-state index contributed by atoms with van der Waals surface area (Å²) in [5.41, 5.74) is 17.0. The molecule has 0 aliphatic heterocycles. The van der Waals surface area contributed by atoms with Gasteiger partial charge in [-0.15, -0.1) is 0 Å². The predicted octanol–water partition coefficient (Wildman–Crippen LogP) is -2.88. The zero-order valence-electron chi connectivity index (χ0n) is 17.4. The summed E-state index contributed by atoms with van der Waals surface area (Å²) in [6, 6.07) is 4.21. The lowest BCUT2D eigenvalue weighted by atomic mass is 10.1. The number of phenols is 1. The number of guanidine groups is 1. The number of nitrogens with one attached hydrogen (secondary N) is 3. The zero-order chi connectivity index (χ0) is 24.1. The number of amides is 3. The van der Waals surface area contributed by atoms with Crippen molar-refractivity contribution < 1.29 is 29.4 Å². The molecule has 0 fully saturated rings. The van der Waals surface area contributed by atoms with Crippen LogP contribution in [0.5, 0.6) is 5.75 Å². The van der Waals surface area contributed by atoms with Crippen molar-refractivity contribution in [2.75, 3.05) is 19.6 Å². The number of aliphatic carboxylic acids is 1. The van der Waals surface area contributed by atoms with Crippen LogP contribution in [0.25, 0.3) is 0 Å². The van der Waals surface area contributed by atoms with E-state index < -0.39 is 48.9 Å². The molecule has 0 saturated carbocycles. The van der Waals surface area contributed by atoms with E-state index in [1.54, 1.807) is 12.1 Å². The van der Waals surface area contributed by atoms with Gasteiger partial charge < -0.3 is 43.4 Å². The topological polar surface area (TPSA) is 235 Å². The van der Waals surface area contributed by atoms with Crippen LogP contribution in [0.4, 0.5) is 0 Å². The van der Waals surface area contributed by atoms with E-state index in [0.717, 1.165) is 5.56 Å². The second-order valence-electron chi connectivity index (χ2n) is 6.88. The fraction of sp³-hybridized carbons (Fsp3) is 0.421. The van der Waals surface area contributed by atoms with E-state index in [0.29, 0.717) is 6.42 Å². The van der Waals surface area contributed by atoms with Crippen LogP contribution < -0.4 is 33.2 Å². The van der Waals surface area contributed by atoms with E-state index in [4.69, 9.17) is 22.3 Å². The quantitative estimate of drug-likeness (QED) is 0.0871. The number of benzene rings is 1. The maximum absolute atomic E-state index is 12.2. The average molecular weight is 451 g/mol. The van der Waals surface area contributed by atoms with Gasteiger partial charge in [-0.1, -0.05) is 12.1 Å². The van der Waals surface area contributed by atoms with Gasteiger partial charge in [-0.25, -0.2) is 0 Å². The number of carboxylic acid groups (broad SMARTS) is 1. The van der Waals surface area contributed by atoms with Gasteiger partial charge in [0.1, 0.15) is 18.3 Å². The standard InChI is InChI=1S/C19H29N7O6/c20-13(8-11-3-5-12(27)6-4-11)17(31)24-9-15(28)26-14(2-1-7-23-19(21)22)18(32)25-10-16(29)30/h3-6,13-14,27H,1-2,7-10,20H2,(H,24,31)(H,25,32)(H,26,28)(H,29,30)(H4,21,22,23). The number of phenolic OH excluding ortho intramolecular Hbond substituents is 1. The number of carbonyl (C=O) groups excluding carboxylic acids is 3. The highest BCUT2D eigenvalue weighted by molar-refractivity contribution is 5.92. The lowest BCUT2D eigenvalue weighted by molar-refractivity contribution is -0.138. The largest absolute Gasteiger partial charge is 0.508 e. The van der Waals surface area contributed by atoms with Crippen molar-refractivity contribution in [2.45, 2.75) is 31.3 Å². The highest BCUT2D eigenvalue weighted by Crippen LogP contribution is 2.10. The number of hydrogen-bond donors (Lipinski definition) is 8. The Kier molecular flexibility index (Phi) is 11.0. The summed E-state index contributed by atoms with van der Waals surface area (Å²) in [5, 5.41) is 25.0. The van der Waals surface area contributed by atoms with Gasteiger partial charge in [-0.2, -0.15) is 0 Å². The maximum atomic E-state index is 12.2. The Bertz CT molecular complexity index is 824. The summed E-state index contributed by atoms with van der Waals surface area (Å²) >= 11 is 0. The SMILES string of the molecule is NC(N)=NCCCC(NC(=O)CNC(=O)C(N)Cc1ccc(O)cc1)C(=O)NCC(=O)O. The van der Waals surface area contributed by atoms with Crippen LogP contribution in [-0.2, 0) is 25.6 Å². The van der Waals surface area contributed by atoms with Gasteiger partial charge in [0.05, 0.1) is 12.6 Å². The Morgan fingerprint density at radius 1 is 1.00 bits per heavy atom. The number of carboxylic acids is 1. The van der Waals surface area contributed by atoms with Crippen molar-refractivity contribution in [3.63, 3.8) is 0 Å². The van der Waals surface area contributed by atoms with E-state index >= 15 is 0 Å². The van der Waals surface area contributed by atoms with Gasteiger partial charge in [0.25, 0.3) is 0 Å². The molecule has 13 heteroatoms. The molecule has 3 amide bonds. The van der Waals surface area contributed by atoms with Crippen LogP contribution in [0.1, 0.15) is 18.4 Å². The molecule has 2 unspecified atom stereocenters. The van der Waals surface area contributed by atoms with Crippen LogP contribution in [0, 0.1) is 0 Å². The fourth-order valence-electron chi connectivity index (χ4n) is 2.58. The number of carbonyl (C=O) groups is 4. The Hall–Kier alpha value is -3.87. The van der Waals surface area contributed by atoms with E-state index in [2.05, 4.69) is 20.9 Å². The maximum Gasteiger partial charge on any atom is 0.322 e. The lowest BCUT2D eigenvalue weighted by Gasteiger charge is -2.18. The van der Waals surface area contributed by atoms with Crippen LogP contribution >= 0.6 is 0 Å². The monoisotopic (exact) mass is 451 g/mol. The molecule has 13 nitrogen and oxygen atoms in total. The molecule has 0 aliphatic rings. The molecular formula is C19H29N7O6. The number of aromatic hydroxyl groups is 1. The second-order valence-corrected chi connectivity index (χ2v) is 6.88. The van der Waals surface area contributed by atoms with E-state index in [1.807, 2.05) is 0 Å². The molecule has 0 bridgehead atoms. The Labute approximate surface area is 184 Å². The van der Waals surface area contributed by atoms with Crippen molar-refractivity contribution in [3.05, 3.63) is 29.8 Å². The van der Waals surface area contributed by atoms with Gasteiger partial charge in [0, 0.05) is 6.54 Å². The van der Waals surface area contributed by atoms with Gasteiger partial charge >= 0.3 is 5.97 Å². The Morgan fingerprint density at radius 3 is 2.22 bits per heavy atom. The third-order valence-electron chi connectivity index (χ3n) is 4.16. The van der Waals surface area contributed by atoms with Crippen LogP contribution in [0.15, 0.2) is 29.3 Å². The molecule has 11 N–H and O–H groups in total. The molecular weight excluding hydrogens is 422 g/mol.